The van der Waals surface area contributed by atoms with Gasteiger partial charge in [-0.15, -0.1) is 11.3 Å². The highest BCUT2D eigenvalue weighted by molar-refractivity contribution is 7.14. The lowest BCUT2D eigenvalue weighted by molar-refractivity contribution is -0.384. The van der Waals surface area contributed by atoms with E-state index in [1.807, 2.05) is 13.0 Å². The van der Waals surface area contributed by atoms with Crippen LogP contribution in [-0.4, -0.2) is 41.6 Å². The summed E-state index contributed by atoms with van der Waals surface area (Å²) in [7, 11) is 1.50. The lowest BCUT2D eigenvalue weighted by atomic mass is 10.1. The number of amides is 1. The van der Waals surface area contributed by atoms with Crippen molar-refractivity contribution >= 4 is 34.0 Å². The van der Waals surface area contributed by atoms with Gasteiger partial charge in [-0.05, 0) is 31.5 Å². The zero-order chi connectivity index (χ0) is 24.0. The Morgan fingerprint density at radius 3 is 2.73 bits per heavy atom. The summed E-state index contributed by atoms with van der Waals surface area (Å²) < 4.78 is 15.8. The molecule has 0 saturated carbocycles. The highest BCUT2D eigenvalue weighted by Crippen LogP contribution is 2.28. The van der Waals surface area contributed by atoms with Gasteiger partial charge >= 0.3 is 5.97 Å². The Morgan fingerprint density at radius 1 is 1.21 bits per heavy atom. The third-order valence-electron chi connectivity index (χ3n) is 4.43. The van der Waals surface area contributed by atoms with Crippen molar-refractivity contribution < 1.29 is 28.7 Å². The van der Waals surface area contributed by atoms with E-state index in [1.54, 1.807) is 29.6 Å². The van der Waals surface area contributed by atoms with Crippen LogP contribution in [0.3, 0.4) is 0 Å². The van der Waals surface area contributed by atoms with Crippen molar-refractivity contribution in [2.45, 2.75) is 20.0 Å². The number of hydrogen-bond donors (Lipinski definition) is 1. The number of nitrogens with zero attached hydrogens (tertiary/aromatic N) is 2. The number of nitro groups is 1. The maximum Gasteiger partial charge on any atom is 0.344 e. The molecule has 0 aliphatic carbocycles. The molecule has 33 heavy (non-hydrogen) atoms. The predicted molar refractivity (Wildman–Crippen MR) is 122 cm³/mol. The maximum absolute atomic E-state index is 12.4. The summed E-state index contributed by atoms with van der Waals surface area (Å²) in [4.78, 5) is 39.2. The summed E-state index contributed by atoms with van der Waals surface area (Å²) in [5.41, 5.74) is 1.94. The molecule has 11 heteroatoms. The topological polar surface area (TPSA) is 130 Å². The van der Waals surface area contributed by atoms with Crippen molar-refractivity contribution in [1.29, 1.82) is 0 Å². The standard InChI is InChI=1S/C22H21N3O7S/c1-13-7-8-18(19(9-13)30-3)31-11-20(26)32-14(2)21(27)24-22-23-17(12-33-22)15-5-4-6-16(10-15)25(28)29/h4-10,12,14H,11H2,1-3H3,(H,23,24,27). The average molecular weight is 471 g/mol. The quantitative estimate of drug-likeness (QED) is 0.282. The monoisotopic (exact) mass is 471 g/mol. The number of methoxy groups -OCH3 is 1. The molecule has 10 nitrogen and oxygen atoms in total. The van der Waals surface area contributed by atoms with E-state index >= 15 is 0 Å². The van der Waals surface area contributed by atoms with Gasteiger partial charge in [0.05, 0.1) is 17.7 Å². The second-order valence-electron chi connectivity index (χ2n) is 6.91. The van der Waals surface area contributed by atoms with E-state index in [0.717, 1.165) is 16.9 Å². The molecule has 0 saturated heterocycles. The highest BCUT2D eigenvalue weighted by Gasteiger charge is 2.20. The fraction of sp³-hybridized carbons (Fsp3) is 0.227. The van der Waals surface area contributed by atoms with Crippen LogP contribution < -0.4 is 14.8 Å². The first-order valence-corrected chi connectivity index (χ1v) is 10.6. The molecule has 3 aromatic rings. The van der Waals surface area contributed by atoms with Gasteiger partial charge in [-0.25, -0.2) is 9.78 Å². The van der Waals surface area contributed by atoms with Crippen LogP contribution in [-0.2, 0) is 14.3 Å². The molecule has 1 atom stereocenters. The molecule has 1 heterocycles. The summed E-state index contributed by atoms with van der Waals surface area (Å²) in [6.07, 6.45) is -1.09. The predicted octanol–water partition coefficient (Wildman–Crippen LogP) is 3.98. The molecule has 0 spiro atoms. The number of non-ortho nitro benzene ring substituents is 1. The van der Waals surface area contributed by atoms with Gasteiger partial charge in [-0.2, -0.15) is 0 Å². The van der Waals surface area contributed by atoms with Crippen LogP contribution in [0.1, 0.15) is 12.5 Å². The lowest BCUT2D eigenvalue weighted by Crippen LogP contribution is -2.31. The van der Waals surface area contributed by atoms with Crippen molar-refractivity contribution in [3.63, 3.8) is 0 Å². The number of ether oxygens (including phenoxy) is 3. The Labute approximate surface area is 193 Å². The molecular weight excluding hydrogens is 450 g/mol. The van der Waals surface area contributed by atoms with Crippen LogP contribution >= 0.6 is 11.3 Å². The average Bonchev–Trinajstić information content (AvgIpc) is 3.26. The molecule has 0 aliphatic heterocycles. The first-order valence-electron chi connectivity index (χ1n) is 9.75. The molecule has 3 rings (SSSR count). The van der Waals surface area contributed by atoms with E-state index in [-0.39, 0.29) is 10.8 Å². The number of carbonyl (C=O) groups excluding carboxylic acids is 2. The summed E-state index contributed by atoms with van der Waals surface area (Å²) in [5.74, 6) is -0.432. The Balaban J connectivity index is 1.54. The van der Waals surface area contributed by atoms with Gasteiger partial charge < -0.3 is 14.2 Å². The second kappa shape index (κ2) is 10.6. The number of carbonyl (C=O) groups is 2. The summed E-state index contributed by atoms with van der Waals surface area (Å²) in [6, 6.07) is 11.3. The van der Waals surface area contributed by atoms with Crippen LogP contribution in [0.15, 0.2) is 47.8 Å². The van der Waals surface area contributed by atoms with Gasteiger partial charge in [0.25, 0.3) is 11.6 Å². The fourth-order valence-electron chi connectivity index (χ4n) is 2.76. The number of thiazole rings is 1. The molecule has 0 radical (unpaired) electrons. The molecule has 1 unspecified atom stereocenters. The van der Waals surface area contributed by atoms with Crippen LogP contribution in [0.5, 0.6) is 11.5 Å². The normalized spacial score (nSPS) is 11.4. The number of anilines is 1. The Hall–Kier alpha value is -3.99. The van der Waals surface area contributed by atoms with Crippen LogP contribution in [0.2, 0.25) is 0 Å². The minimum absolute atomic E-state index is 0.0582. The first-order chi connectivity index (χ1) is 15.8. The molecule has 0 bridgehead atoms. The Bertz CT molecular complexity index is 1180. The van der Waals surface area contributed by atoms with Crippen molar-refractivity contribution in [1.82, 2.24) is 4.98 Å². The van der Waals surface area contributed by atoms with Crippen molar-refractivity contribution in [3.05, 3.63) is 63.5 Å². The minimum atomic E-state index is -1.09. The zero-order valence-electron chi connectivity index (χ0n) is 18.1. The van der Waals surface area contributed by atoms with E-state index < -0.39 is 29.5 Å². The molecule has 1 aromatic heterocycles. The van der Waals surface area contributed by atoms with Crippen molar-refractivity contribution in [2.24, 2.45) is 0 Å². The molecular formula is C22H21N3O7S. The molecule has 0 fully saturated rings. The van der Waals surface area contributed by atoms with E-state index in [9.17, 15) is 19.7 Å². The van der Waals surface area contributed by atoms with Gasteiger partial charge in [-0.1, -0.05) is 18.2 Å². The van der Waals surface area contributed by atoms with Gasteiger partial charge in [0.15, 0.2) is 29.3 Å². The Kier molecular flexibility index (Phi) is 7.57. The second-order valence-corrected chi connectivity index (χ2v) is 7.77. The van der Waals surface area contributed by atoms with Crippen LogP contribution in [0.25, 0.3) is 11.3 Å². The smallest absolute Gasteiger partial charge is 0.344 e. The van der Waals surface area contributed by atoms with Crippen LogP contribution in [0, 0.1) is 17.0 Å². The minimum Gasteiger partial charge on any atom is -0.493 e. The summed E-state index contributed by atoms with van der Waals surface area (Å²) >= 11 is 1.14. The van der Waals surface area contributed by atoms with E-state index in [0.29, 0.717) is 22.8 Å². The largest absolute Gasteiger partial charge is 0.493 e. The lowest BCUT2D eigenvalue weighted by Gasteiger charge is -2.14. The molecule has 1 amide bonds. The molecule has 0 aliphatic rings. The van der Waals surface area contributed by atoms with E-state index in [1.165, 1.54) is 26.2 Å². The number of nitro benzene ring substituents is 1. The van der Waals surface area contributed by atoms with Crippen LogP contribution in [0.4, 0.5) is 10.8 Å². The van der Waals surface area contributed by atoms with E-state index in [4.69, 9.17) is 14.2 Å². The van der Waals surface area contributed by atoms with Gasteiger partial charge in [0, 0.05) is 23.1 Å². The number of benzene rings is 2. The Morgan fingerprint density at radius 2 is 2.00 bits per heavy atom. The van der Waals surface area contributed by atoms with Gasteiger partial charge in [0.1, 0.15) is 0 Å². The number of aryl methyl sites for hydroxylation is 1. The number of aromatic nitrogens is 1. The van der Waals surface area contributed by atoms with Crippen molar-refractivity contribution in [3.8, 4) is 22.8 Å². The number of nitrogens with one attached hydrogen (secondary N) is 1. The molecule has 172 valence electrons. The first kappa shape index (κ1) is 23.7. The fourth-order valence-corrected chi connectivity index (χ4v) is 3.49. The van der Waals surface area contributed by atoms with Gasteiger partial charge in [0.2, 0.25) is 0 Å². The number of hydrogen-bond acceptors (Lipinski definition) is 9. The number of esters is 1. The summed E-state index contributed by atoms with van der Waals surface area (Å²) in [5, 5.41) is 15.4. The van der Waals surface area contributed by atoms with E-state index in [2.05, 4.69) is 10.3 Å². The third-order valence-corrected chi connectivity index (χ3v) is 5.19. The highest BCUT2D eigenvalue weighted by atomic mass is 32.1. The SMILES string of the molecule is COc1cc(C)ccc1OCC(=O)OC(C)C(=O)Nc1nc(-c2cccc([N+](=O)[O-])c2)cs1. The number of rotatable bonds is 9. The summed E-state index contributed by atoms with van der Waals surface area (Å²) in [6.45, 7) is 2.93. The third kappa shape index (κ3) is 6.26. The maximum atomic E-state index is 12.4. The zero-order valence-corrected chi connectivity index (χ0v) is 18.9. The van der Waals surface area contributed by atoms with Crippen molar-refractivity contribution in [2.75, 3.05) is 19.0 Å². The molecule has 2 aromatic carbocycles. The van der Waals surface area contributed by atoms with Gasteiger partial charge in [-0.3, -0.25) is 20.2 Å². The molecule has 1 N–H and O–H groups in total.